The van der Waals surface area contributed by atoms with Gasteiger partial charge in [0.05, 0.1) is 6.61 Å². The van der Waals surface area contributed by atoms with Gasteiger partial charge in [-0.05, 0) is 6.07 Å². The first-order valence-electron chi connectivity index (χ1n) is 5.39. The molecule has 1 saturated heterocycles. The van der Waals surface area contributed by atoms with Crippen molar-refractivity contribution in [2.45, 2.75) is 24.1 Å². The zero-order valence-corrected chi connectivity index (χ0v) is 9.73. The minimum atomic E-state index is -2.58. The summed E-state index contributed by atoms with van der Waals surface area (Å²) in [6.07, 6.45) is 1.62. The Bertz CT molecular complexity index is 584. The Morgan fingerprint density at radius 3 is 2.89 bits per heavy atom. The van der Waals surface area contributed by atoms with E-state index in [1.54, 1.807) is 5.92 Å². The second-order valence-corrected chi connectivity index (χ2v) is 4.10. The van der Waals surface area contributed by atoms with Gasteiger partial charge in [0, 0.05) is 6.20 Å². The molecule has 1 aromatic heterocycles. The van der Waals surface area contributed by atoms with Crippen LogP contribution in [0.1, 0.15) is 6.23 Å². The molecule has 19 heavy (non-hydrogen) atoms. The summed E-state index contributed by atoms with van der Waals surface area (Å²) in [7, 11) is 0. The van der Waals surface area contributed by atoms with E-state index in [2.05, 4.69) is 4.98 Å². The number of ether oxygens (including phenoxy) is 1. The van der Waals surface area contributed by atoms with Crippen LogP contribution >= 0.6 is 0 Å². The number of nitrogens with two attached hydrogens (primary N) is 1. The van der Waals surface area contributed by atoms with Crippen LogP contribution in [0.3, 0.4) is 0 Å². The van der Waals surface area contributed by atoms with Crippen molar-refractivity contribution < 1.29 is 19.3 Å². The Morgan fingerprint density at radius 1 is 1.74 bits per heavy atom. The molecule has 0 spiro atoms. The van der Waals surface area contributed by atoms with Crippen LogP contribution in [0.2, 0.25) is 0 Å². The Hall–Kier alpha value is -1.95. The van der Waals surface area contributed by atoms with Crippen molar-refractivity contribution in [1.82, 2.24) is 9.55 Å². The van der Waals surface area contributed by atoms with Crippen LogP contribution in [0.15, 0.2) is 17.1 Å². The van der Waals surface area contributed by atoms with E-state index in [1.165, 1.54) is 12.3 Å². The summed E-state index contributed by atoms with van der Waals surface area (Å²) in [6.45, 7) is -0.731. The molecule has 4 N–H and O–H groups in total. The molecule has 0 unspecified atom stereocenters. The van der Waals surface area contributed by atoms with Gasteiger partial charge in [-0.2, -0.15) is 4.98 Å². The highest BCUT2D eigenvalue weighted by atomic mass is 19.1. The molecule has 1 aromatic rings. The molecule has 0 aromatic carbocycles. The van der Waals surface area contributed by atoms with Crippen LogP contribution in [0.5, 0.6) is 0 Å². The summed E-state index contributed by atoms with van der Waals surface area (Å²) in [5.41, 5.74) is 1.92. The van der Waals surface area contributed by atoms with Crippen molar-refractivity contribution >= 4 is 5.82 Å². The molecule has 2 heterocycles. The number of terminal acetylenes is 1. The highest BCUT2D eigenvalue weighted by molar-refractivity contribution is 5.25. The number of hydrogen-bond donors (Lipinski definition) is 3. The van der Waals surface area contributed by atoms with Crippen molar-refractivity contribution in [2.24, 2.45) is 0 Å². The molecule has 0 radical (unpaired) electrons. The first-order chi connectivity index (χ1) is 8.93. The number of alkyl halides is 1. The van der Waals surface area contributed by atoms with Gasteiger partial charge in [0.2, 0.25) is 5.67 Å². The van der Waals surface area contributed by atoms with Gasteiger partial charge in [-0.1, -0.05) is 5.92 Å². The van der Waals surface area contributed by atoms with Gasteiger partial charge in [0.25, 0.3) is 0 Å². The zero-order chi connectivity index (χ0) is 14.2. The standard InChI is InChI=1S/C11H12FN3O4/c1-2-11(12)6(5-16)19-9(8(11)17)15-4-3-7(13)14-10(15)18/h1,3-4,6,8-9,16-17H,5H2,(H2,13,14,18)/t6-,8+,9-,11-/m1/s1. The predicted octanol–water partition coefficient (Wildman–Crippen LogP) is -1.58. The van der Waals surface area contributed by atoms with Crippen molar-refractivity contribution in [1.29, 1.82) is 0 Å². The van der Waals surface area contributed by atoms with Crippen molar-refractivity contribution in [2.75, 3.05) is 12.3 Å². The van der Waals surface area contributed by atoms with Crippen LogP contribution in [0, 0.1) is 12.3 Å². The van der Waals surface area contributed by atoms with E-state index in [1.807, 2.05) is 0 Å². The summed E-state index contributed by atoms with van der Waals surface area (Å²) in [5.74, 6) is 1.74. The summed E-state index contributed by atoms with van der Waals surface area (Å²) in [6, 6.07) is 1.29. The SMILES string of the molecule is C#C[C@@]1(F)[C@@H](CO)O[C@@H](n2ccc(N)nc2=O)[C@@H]1O. The van der Waals surface area contributed by atoms with E-state index in [4.69, 9.17) is 22.0 Å². The third-order valence-corrected chi connectivity index (χ3v) is 2.99. The van der Waals surface area contributed by atoms with E-state index in [9.17, 15) is 14.3 Å². The first-order valence-corrected chi connectivity index (χ1v) is 5.39. The third-order valence-electron chi connectivity index (χ3n) is 2.99. The molecule has 102 valence electrons. The fourth-order valence-corrected chi connectivity index (χ4v) is 1.93. The number of rotatable bonds is 2. The zero-order valence-electron chi connectivity index (χ0n) is 9.73. The van der Waals surface area contributed by atoms with Gasteiger partial charge < -0.3 is 20.7 Å². The molecule has 1 fully saturated rings. The minimum absolute atomic E-state index is 0.0177. The maximum atomic E-state index is 14.3. The van der Waals surface area contributed by atoms with Gasteiger partial charge in [-0.25, -0.2) is 9.18 Å². The van der Waals surface area contributed by atoms with Crippen LogP contribution in [-0.4, -0.2) is 44.2 Å². The summed E-state index contributed by atoms with van der Waals surface area (Å²) in [5, 5.41) is 18.9. The summed E-state index contributed by atoms with van der Waals surface area (Å²) >= 11 is 0. The smallest absolute Gasteiger partial charge is 0.351 e. The molecule has 0 bridgehead atoms. The van der Waals surface area contributed by atoms with Gasteiger partial charge in [0.1, 0.15) is 18.0 Å². The van der Waals surface area contributed by atoms with Crippen molar-refractivity contribution in [3.05, 3.63) is 22.7 Å². The molecule has 7 nitrogen and oxygen atoms in total. The second-order valence-electron chi connectivity index (χ2n) is 4.10. The molecular weight excluding hydrogens is 257 g/mol. The second kappa shape index (κ2) is 4.62. The molecule has 0 aliphatic carbocycles. The Morgan fingerprint density at radius 2 is 2.42 bits per heavy atom. The molecule has 0 saturated carbocycles. The lowest BCUT2D eigenvalue weighted by Crippen LogP contribution is -2.44. The van der Waals surface area contributed by atoms with E-state index < -0.39 is 36.4 Å². The van der Waals surface area contributed by atoms with E-state index in [0.29, 0.717) is 0 Å². The number of nitrogen functional groups attached to an aromatic ring is 1. The molecule has 4 atom stereocenters. The molecular formula is C11H12FN3O4. The van der Waals surface area contributed by atoms with Crippen LogP contribution < -0.4 is 11.4 Å². The molecule has 2 rings (SSSR count). The number of halogens is 1. The fraction of sp³-hybridized carbons (Fsp3) is 0.455. The van der Waals surface area contributed by atoms with Crippen molar-refractivity contribution in [3.8, 4) is 12.3 Å². The lowest BCUT2D eigenvalue weighted by Gasteiger charge is -2.21. The van der Waals surface area contributed by atoms with Crippen LogP contribution in [-0.2, 0) is 4.74 Å². The molecule has 1 aliphatic heterocycles. The van der Waals surface area contributed by atoms with Gasteiger partial charge in [0.15, 0.2) is 6.23 Å². The number of anilines is 1. The Labute approximate surface area is 107 Å². The van der Waals surface area contributed by atoms with E-state index >= 15 is 0 Å². The summed E-state index contributed by atoms with van der Waals surface area (Å²) < 4.78 is 20.3. The average molecular weight is 269 g/mol. The van der Waals surface area contributed by atoms with Gasteiger partial charge in [-0.3, -0.25) is 4.57 Å². The number of aliphatic hydroxyl groups is 2. The number of nitrogens with zero attached hydrogens (tertiary/aromatic N) is 2. The fourth-order valence-electron chi connectivity index (χ4n) is 1.93. The van der Waals surface area contributed by atoms with Crippen LogP contribution in [0.25, 0.3) is 0 Å². The molecule has 8 heteroatoms. The lowest BCUT2D eigenvalue weighted by molar-refractivity contribution is -0.0547. The lowest BCUT2D eigenvalue weighted by atomic mass is 9.95. The first kappa shape index (κ1) is 13.5. The number of hydrogen-bond acceptors (Lipinski definition) is 6. The molecule has 1 aliphatic rings. The largest absolute Gasteiger partial charge is 0.394 e. The number of aromatic nitrogens is 2. The maximum absolute atomic E-state index is 14.3. The minimum Gasteiger partial charge on any atom is -0.394 e. The molecule has 0 amide bonds. The van der Waals surface area contributed by atoms with E-state index in [-0.39, 0.29) is 5.82 Å². The highest BCUT2D eigenvalue weighted by Gasteiger charge is 2.57. The maximum Gasteiger partial charge on any atom is 0.351 e. The van der Waals surface area contributed by atoms with Crippen LogP contribution in [0.4, 0.5) is 10.2 Å². The monoisotopic (exact) mass is 269 g/mol. The normalized spacial score (nSPS) is 34.1. The quantitative estimate of drug-likeness (QED) is 0.559. The average Bonchev–Trinajstić information content (AvgIpc) is 2.63. The predicted molar refractivity (Wildman–Crippen MR) is 62.6 cm³/mol. The Balaban J connectivity index is 2.43. The topological polar surface area (TPSA) is 111 Å². The van der Waals surface area contributed by atoms with Gasteiger partial charge in [-0.15, -0.1) is 6.42 Å². The Kier molecular flexibility index (Phi) is 3.28. The van der Waals surface area contributed by atoms with Gasteiger partial charge >= 0.3 is 5.69 Å². The van der Waals surface area contributed by atoms with E-state index in [0.717, 1.165) is 4.57 Å². The summed E-state index contributed by atoms with van der Waals surface area (Å²) in [4.78, 5) is 15.0. The third kappa shape index (κ3) is 1.98. The number of aliphatic hydroxyl groups excluding tert-OH is 2. The highest BCUT2D eigenvalue weighted by Crippen LogP contribution is 2.38. The van der Waals surface area contributed by atoms with Crippen molar-refractivity contribution in [3.63, 3.8) is 0 Å².